The summed E-state index contributed by atoms with van der Waals surface area (Å²) < 4.78 is 120. The lowest BCUT2D eigenvalue weighted by Gasteiger charge is -2.20. The van der Waals surface area contributed by atoms with E-state index >= 15 is 0 Å². The van der Waals surface area contributed by atoms with Gasteiger partial charge in [-0.05, 0) is 0 Å². The highest BCUT2D eigenvalue weighted by molar-refractivity contribution is 7.72. The molecule has 0 unspecified atom stereocenters. The number of aliphatic hydroxyl groups is 12. The van der Waals surface area contributed by atoms with Crippen molar-refractivity contribution < 1.29 is 125 Å². The first kappa shape index (κ1) is 56.0. The van der Waals surface area contributed by atoms with Gasteiger partial charge in [0.2, 0.25) is 0 Å². The van der Waals surface area contributed by atoms with Gasteiger partial charge < -0.3 is 80.2 Å². The smallest absolute Gasteiger partial charge is 0.328 e. The van der Waals surface area contributed by atoms with Crippen LogP contribution >= 0.6 is 48.9 Å². The molecule has 0 aromatic carbocycles. The third kappa shape index (κ3) is 12.6. The molecule has 0 aliphatic carbocycles. The molecule has 8 heterocycles. The van der Waals surface area contributed by atoms with Crippen LogP contribution in [0.3, 0.4) is 0 Å². The average molecular weight is 1230 g/mol. The van der Waals surface area contributed by atoms with Gasteiger partial charge in [-0.3, -0.25) is 57.4 Å². The molecule has 16 atom stereocenters. The monoisotopic (exact) mass is 1230 g/mol. The molecule has 440 valence electrons. The molecule has 0 radical (unpaired) electrons. The molecule has 0 amide bonds. The van der Waals surface area contributed by atoms with E-state index < -0.39 is 146 Å². The summed E-state index contributed by atoms with van der Waals surface area (Å²) in [6.45, 7) is -10.0. The first-order chi connectivity index (χ1) is 39.4. The minimum absolute atomic E-state index is 0.0785. The third-order valence-electron chi connectivity index (χ3n) is 11.3. The number of nitrogens with one attached hydrogen (secondary N) is 4. The second kappa shape index (κ2) is 25.5. The topological polar surface area (TPSA) is 499 Å². The van der Waals surface area contributed by atoms with Crippen LogP contribution in [-0.2, 0) is 18.9 Å². The van der Waals surface area contributed by atoms with Crippen molar-refractivity contribution in [2.75, 3.05) is 26.3 Å². The van der Waals surface area contributed by atoms with Gasteiger partial charge >= 0.3 is 22.8 Å². The van der Waals surface area contributed by atoms with Gasteiger partial charge in [-0.25, -0.2) is 36.7 Å². The molecular weight excluding hydrogens is 1180 g/mol. The van der Waals surface area contributed by atoms with Crippen LogP contribution in [0.4, 0.5) is 17.6 Å². The van der Waals surface area contributed by atoms with Crippen LogP contribution in [0, 0.1) is 18.6 Å². The summed E-state index contributed by atoms with van der Waals surface area (Å²) in [5.41, 5.74) is -4.87. The lowest BCUT2D eigenvalue weighted by atomic mass is 10.1. The number of nitrogens with zero attached hydrogens (tertiary/aromatic N) is 4. The molecule has 8 rings (SSSR count). The van der Waals surface area contributed by atoms with Gasteiger partial charge in [-0.15, -0.1) is 0 Å². The first-order valence-electron chi connectivity index (χ1n) is 24.3. The molecule has 32 nitrogen and oxygen atoms in total. The Hall–Kier alpha value is -5.84. The highest BCUT2D eigenvalue weighted by atomic mass is 32.1. The predicted molar refractivity (Wildman–Crippen MR) is 257 cm³/mol. The first-order valence-corrected chi connectivity index (χ1v) is 22.9. The molecule has 40 heteroatoms. The molecule has 4 aromatic rings. The summed E-state index contributed by atoms with van der Waals surface area (Å²) >= 11 is 18.8. The van der Waals surface area contributed by atoms with Gasteiger partial charge in [0.25, 0.3) is 23.4 Å². The lowest BCUT2D eigenvalue weighted by Crippen LogP contribution is -2.42. The Balaban J connectivity index is 0.000000210. The largest absolute Gasteiger partial charge is 0.390 e. The molecule has 0 saturated carbocycles. The number of carbonyl (C=O) groups excluding carboxylic acids is 4. The van der Waals surface area contributed by atoms with Gasteiger partial charge in [0, 0.05) is 24.8 Å². The maximum Gasteiger partial charge on any atom is 0.328 e. The number of rotatable bonds is 12. The van der Waals surface area contributed by atoms with Crippen molar-refractivity contribution in [3.8, 4) is 0 Å². The summed E-state index contributed by atoms with van der Waals surface area (Å²) in [7, 11) is 0. The van der Waals surface area contributed by atoms with Crippen LogP contribution < -0.4 is 22.8 Å². The molecule has 4 saturated heterocycles. The molecule has 0 bridgehead atoms. The maximum atomic E-state index is 14.4. The van der Waals surface area contributed by atoms with Crippen LogP contribution in [0.25, 0.3) is 0 Å². The van der Waals surface area contributed by atoms with E-state index in [9.17, 15) is 96.8 Å². The number of aliphatic hydroxyl groups excluding tert-OH is 10. The Morgan fingerprint density at radius 2 is 0.700 bits per heavy atom. The zero-order valence-corrected chi connectivity index (χ0v) is 42.3. The number of H-pyrrole nitrogens is 4. The van der Waals surface area contributed by atoms with Crippen molar-refractivity contribution in [3.63, 3.8) is 0 Å². The summed E-state index contributed by atoms with van der Waals surface area (Å²) in [6, 6.07) is 0. The number of hydrogen-bond donors (Lipinski definition) is 16. The van der Waals surface area contributed by atoms with Crippen LogP contribution in [0.2, 0.25) is 0 Å². The zero-order chi connectivity index (χ0) is 65.7. The Morgan fingerprint density at radius 1 is 0.463 bits per heavy atom. The van der Waals surface area contributed by atoms with E-state index in [1.807, 2.05) is 4.98 Å². The van der Waals surface area contributed by atoms with E-state index in [-0.39, 0.29) is 58.0 Å². The van der Waals surface area contributed by atoms with Crippen molar-refractivity contribution in [1.29, 1.82) is 0 Å². The van der Waals surface area contributed by atoms with Crippen molar-refractivity contribution in [2.24, 2.45) is 0 Å². The minimum Gasteiger partial charge on any atom is -0.390 e. The Morgan fingerprint density at radius 3 is 0.963 bits per heavy atom. The second-order valence-electron chi connectivity index (χ2n) is 16.4. The molecular formula is C40H44F4N8O24S4. The molecule has 4 aromatic heterocycles. The number of hydrogen-bond acceptors (Lipinski definition) is 28. The number of aromatic amines is 4. The van der Waals surface area contributed by atoms with Gasteiger partial charge in [0.1, 0.15) is 93.7 Å². The Bertz CT molecular complexity index is 3780. The van der Waals surface area contributed by atoms with Crippen molar-refractivity contribution in [1.82, 2.24) is 38.2 Å². The van der Waals surface area contributed by atoms with E-state index in [0.29, 0.717) is 32.5 Å². The Kier molecular flexibility index (Phi) is 17.9. The molecule has 16 N–H and O–H groups in total. The Labute approximate surface area is 467 Å². The van der Waals surface area contributed by atoms with Gasteiger partial charge in [-0.1, -0.05) is 48.9 Å². The van der Waals surface area contributed by atoms with Crippen molar-refractivity contribution in [2.45, 2.75) is 97.1 Å². The van der Waals surface area contributed by atoms with Gasteiger partial charge in [0.15, 0.2) is 50.0 Å². The fourth-order valence-corrected chi connectivity index (χ4v) is 7.75. The zero-order valence-electron chi connectivity index (χ0n) is 45.0. The lowest BCUT2D eigenvalue weighted by molar-refractivity contribution is -0.207. The van der Waals surface area contributed by atoms with Crippen LogP contribution in [0.5, 0.6) is 0 Å². The third-order valence-corrected chi connectivity index (χ3v) is 12.7. The predicted octanol–water partition coefficient (Wildman–Crippen LogP) is -5.49. The molecule has 4 aliphatic rings. The van der Waals surface area contributed by atoms with Crippen molar-refractivity contribution in [3.05, 3.63) is 108 Å². The normalized spacial score (nSPS) is 36.6. The average Bonchev–Trinajstić information content (AvgIpc) is 1.75. The quantitative estimate of drug-likeness (QED) is 0.0357. The standard InChI is InChI=1S/4C10H11FN2O6S/c4*11-10(3-15)6(17)5(16)8(19-10)13-1-4(2-14)7(20)12-9(13)18/h4*1-2,5-6,8,15-17H,3H2,(H,12,18,20)/t4*5-,6+,8-,10-/m1111/s1/i3D2,8D;8D;3D2;. The minimum atomic E-state index is -3.90. The maximum absolute atomic E-state index is 14.4. The number of aromatic nitrogens is 8. The van der Waals surface area contributed by atoms with E-state index in [2.05, 4.69) is 41.4 Å². The summed E-state index contributed by atoms with van der Waals surface area (Å²) in [6.07, 6.45) is -23.0. The number of ether oxygens (including phenoxy) is 4. The number of carbonyl (C=O) groups is 4. The van der Waals surface area contributed by atoms with Crippen LogP contribution in [-0.4, -0.2) is 223 Å². The summed E-state index contributed by atoms with van der Waals surface area (Å²) in [5, 5.41) is 113. The number of alkyl halides is 4. The van der Waals surface area contributed by atoms with E-state index in [1.165, 1.54) is 0 Å². The SMILES string of the molecule is O=Cc1cn([C@@H]2O[C@](F)(CO)[C@@H](O)[C@H]2O)c(=O)[nH]c1=S.[2H]C([2H])(O)[C@@]1(F)O[C@@H](n2cc(C=O)c(=S)[nH]c2=O)[C@H](O)[C@@H]1O.[2H]C([2H])(O)[C@@]1(F)O[C@@]([2H])(n2cc(C=O)c(=S)[nH]c2=O)[C@H](O)[C@@H]1O.[2H][C@@]1(n2cc(C=O)c(=S)[nH]c2=O)O[C@](F)(CO)[C@@H](O)[C@H]1O. The van der Waals surface area contributed by atoms with Crippen LogP contribution in [0.15, 0.2) is 44.0 Å². The van der Waals surface area contributed by atoms with E-state index in [4.69, 9.17) is 70.0 Å². The van der Waals surface area contributed by atoms with E-state index in [0.717, 1.165) is 18.6 Å². The van der Waals surface area contributed by atoms with Crippen molar-refractivity contribution >= 4 is 74.0 Å². The fraction of sp³-hybridized carbons (Fsp3) is 0.500. The van der Waals surface area contributed by atoms with Gasteiger partial charge in [-0.2, -0.15) is 0 Å². The highest BCUT2D eigenvalue weighted by Crippen LogP contribution is 2.40. The van der Waals surface area contributed by atoms with E-state index in [1.54, 1.807) is 0 Å². The molecule has 80 heavy (non-hydrogen) atoms. The number of halogens is 4. The number of aldehydes is 4. The fourth-order valence-electron chi connectivity index (χ4n) is 7.00. The summed E-state index contributed by atoms with van der Waals surface area (Å²) in [5.74, 6) is -13.6. The van der Waals surface area contributed by atoms with Gasteiger partial charge in [0.05, 0.1) is 30.5 Å². The molecule has 0 spiro atoms. The molecule has 4 aliphatic heterocycles. The molecule has 4 fully saturated rings. The second-order valence-corrected chi connectivity index (χ2v) is 18.0. The highest BCUT2D eigenvalue weighted by Gasteiger charge is 2.59. The summed E-state index contributed by atoms with van der Waals surface area (Å²) in [4.78, 5) is 98.7. The van der Waals surface area contributed by atoms with Crippen LogP contribution in [0.1, 0.15) is 74.5 Å².